The molecule has 0 spiro atoms. The van der Waals surface area contributed by atoms with Crippen molar-refractivity contribution in [2.45, 2.75) is 19.4 Å². The fraction of sp³-hybridized carbons (Fsp3) is 0.217. The van der Waals surface area contributed by atoms with E-state index in [9.17, 15) is 9.18 Å². The third-order valence-electron chi connectivity index (χ3n) is 5.08. The standard InChI is InChI=1S/C23H22FN3O/c24-21-8-4-3-6-18(21)11-13-25-20-9-10-22(26-15-20)23(28)27-14-12-17-5-1-2-7-19(17)16-27/h1-10,15,25H,11-14,16H2. The Morgan fingerprint density at radius 2 is 1.82 bits per heavy atom. The van der Waals surface area contributed by atoms with E-state index in [2.05, 4.69) is 22.4 Å². The number of carbonyl (C=O) groups excluding carboxylic acids is 1. The number of amides is 1. The van der Waals surface area contributed by atoms with Crippen molar-refractivity contribution in [3.05, 3.63) is 95.1 Å². The van der Waals surface area contributed by atoms with E-state index < -0.39 is 0 Å². The number of nitrogens with one attached hydrogen (secondary N) is 1. The highest BCUT2D eigenvalue weighted by atomic mass is 19.1. The van der Waals surface area contributed by atoms with Crippen molar-refractivity contribution in [1.29, 1.82) is 0 Å². The van der Waals surface area contributed by atoms with Gasteiger partial charge in [0.2, 0.25) is 0 Å². The van der Waals surface area contributed by atoms with Gasteiger partial charge in [0.1, 0.15) is 11.5 Å². The summed E-state index contributed by atoms with van der Waals surface area (Å²) >= 11 is 0. The number of hydrogen-bond donors (Lipinski definition) is 1. The first-order valence-electron chi connectivity index (χ1n) is 9.50. The Kier molecular flexibility index (Phi) is 5.33. The molecule has 0 saturated carbocycles. The van der Waals surface area contributed by atoms with E-state index in [-0.39, 0.29) is 11.7 Å². The fourth-order valence-electron chi connectivity index (χ4n) is 3.50. The highest BCUT2D eigenvalue weighted by Gasteiger charge is 2.22. The Bertz CT molecular complexity index is 972. The second-order valence-electron chi connectivity index (χ2n) is 6.95. The van der Waals surface area contributed by atoms with Crippen molar-refractivity contribution in [3.63, 3.8) is 0 Å². The topological polar surface area (TPSA) is 45.2 Å². The predicted molar refractivity (Wildman–Crippen MR) is 108 cm³/mol. The Balaban J connectivity index is 1.34. The Labute approximate surface area is 164 Å². The van der Waals surface area contributed by atoms with Crippen molar-refractivity contribution in [2.24, 2.45) is 0 Å². The van der Waals surface area contributed by atoms with Gasteiger partial charge in [-0.2, -0.15) is 0 Å². The minimum absolute atomic E-state index is 0.0487. The minimum atomic E-state index is -0.188. The molecule has 2 heterocycles. The summed E-state index contributed by atoms with van der Waals surface area (Å²) in [4.78, 5) is 18.9. The van der Waals surface area contributed by atoms with Crippen LogP contribution in [0.15, 0.2) is 66.9 Å². The molecule has 0 aliphatic carbocycles. The normalized spacial score (nSPS) is 13.1. The van der Waals surface area contributed by atoms with Gasteiger partial charge in [0, 0.05) is 19.6 Å². The zero-order valence-electron chi connectivity index (χ0n) is 15.6. The molecule has 142 valence electrons. The molecule has 28 heavy (non-hydrogen) atoms. The highest BCUT2D eigenvalue weighted by molar-refractivity contribution is 5.92. The van der Waals surface area contributed by atoms with E-state index >= 15 is 0 Å². The average Bonchev–Trinajstić information content (AvgIpc) is 2.75. The van der Waals surface area contributed by atoms with E-state index in [0.29, 0.717) is 37.3 Å². The van der Waals surface area contributed by atoms with Crippen LogP contribution in [0.3, 0.4) is 0 Å². The molecule has 0 atom stereocenters. The first-order valence-corrected chi connectivity index (χ1v) is 9.50. The molecule has 0 unspecified atom stereocenters. The molecule has 3 aromatic rings. The van der Waals surface area contributed by atoms with Gasteiger partial charge in [-0.25, -0.2) is 9.37 Å². The van der Waals surface area contributed by atoms with Gasteiger partial charge in [-0.05, 0) is 47.7 Å². The first kappa shape index (κ1) is 18.2. The predicted octanol–water partition coefficient (Wildman–Crippen LogP) is 4.07. The van der Waals surface area contributed by atoms with Crippen LogP contribution in [-0.2, 0) is 19.4 Å². The Morgan fingerprint density at radius 1 is 1.04 bits per heavy atom. The van der Waals surface area contributed by atoms with Crippen LogP contribution in [0.5, 0.6) is 0 Å². The molecule has 1 aromatic heterocycles. The summed E-state index contributed by atoms with van der Waals surface area (Å²) in [5.74, 6) is -0.237. The lowest BCUT2D eigenvalue weighted by molar-refractivity contribution is 0.0729. The maximum absolute atomic E-state index is 13.6. The number of nitrogens with zero attached hydrogens (tertiary/aromatic N) is 2. The number of anilines is 1. The molecule has 1 aliphatic heterocycles. The van der Waals surface area contributed by atoms with Crippen LogP contribution >= 0.6 is 0 Å². The molecule has 5 heteroatoms. The number of aromatic nitrogens is 1. The van der Waals surface area contributed by atoms with Gasteiger partial charge < -0.3 is 10.2 Å². The largest absolute Gasteiger partial charge is 0.383 e. The second kappa shape index (κ2) is 8.21. The average molecular weight is 375 g/mol. The summed E-state index contributed by atoms with van der Waals surface area (Å²) in [6.07, 6.45) is 3.12. The smallest absolute Gasteiger partial charge is 0.272 e. The lowest BCUT2D eigenvalue weighted by Gasteiger charge is -2.28. The summed E-state index contributed by atoms with van der Waals surface area (Å²) < 4.78 is 13.6. The van der Waals surface area contributed by atoms with Crippen LogP contribution in [0, 0.1) is 5.82 Å². The molecule has 4 nitrogen and oxygen atoms in total. The van der Waals surface area contributed by atoms with Gasteiger partial charge in [0.05, 0.1) is 11.9 Å². The van der Waals surface area contributed by atoms with Gasteiger partial charge in [-0.3, -0.25) is 4.79 Å². The van der Waals surface area contributed by atoms with Crippen molar-refractivity contribution >= 4 is 11.6 Å². The number of fused-ring (bicyclic) bond motifs is 1. The molecule has 2 aromatic carbocycles. The summed E-state index contributed by atoms with van der Waals surface area (Å²) in [6.45, 7) is 1.93. The number of pyridine rings is 1. The van der Waals surface area contributed by atoms with Crippen molar-refractivity contribution in [1.82, 2.24) is 9.88 Å². The lowest BCUT2D eigenvalue weighted by Crippen LogP contribution is -2.36. The highest BCUT2D eigenvalue weighted by Crippen LogP contribution is 2.20. The molecule has 1 aliphatic rings. The van der Waals surface area contributed by atoms with Crippen LogP contribution in [0.2, 0.25) is 0 Å². The summed E-state index contributed by atoms with van der Waals surface area (Å²) in [5.41, 5.74) is 4.46. The Hall–Kier alpha value is -3.21. The molecule has 1 amide bonds. The zero-order valence-corrected chi connectivity index (χ0v) is 15.6. The van der Waals surface area contributed by atoms with Gasteiger partial charge in [0.25, 0.3) is 5.91 Å². The number of carbonyl (C=O) groups is 1. The van der Waals surface area contributed by atoms with E-state index in [1.165, 1.54) is 17.2 Å². The van der Waals surface area contributed by atoms with Crippen LogP contribution < -0.4 is 5.32 Å². The van der Waals surface area contributed by atoms with Crippen molar-refractivity contribution in [2.75, 3.05) is 18.4 Å². The van der Waals surface area contributed by atoms with E-state index in [1.54, 1.807) is 24.4 Å². The first-order chi connectivity index (χ1) is 13.7. The van der Waals surface area contributed by atoms with Gasteiger partial charge in [-0.1, -0.05) is 42.5 Å². The summed E-state index contributed by atoms with van der Waals surface area (Å²) in [7, 11) is 0. The number of rotatable bonds is 5. The van der Waals surface area contributed by atoms with Crippen LogP contribution in [-0.4, -0.2) is 28.9 Å². The molecule has 0 saturated heterocycles. The van der Waals surface area contributed by atoms with E-state index in [4.69, 9.17) is 0 Å². The molecular weight excluding hydrogens is 353 g/mol. The SMILES string of the molecule is O=C(c1ccc(NCCc2ccccc2F)cn1)N1CCc2ccccc2C1. The van der Waals surface area contributed by atoms with Gasteiger partial charge in [-0.15, -0.1) is 0 Å². The monoisotopic (exact) mass is 375 g/mol. The number of hydrogen-bond acceptors (Lipinski definition) is 3. The van der Waals surface area contributed by atoms with Crippen molar-refractivity contribution in [3.8, 4) is 0 Å². The number of benzene rings is 2. The van der Waals surface area contributed by atoms with Crippen molar-refractivity contribution < 1.29 is 9.18 Å². The third kappa shape index (κ3) is 4.03. The van der Waals surface area contributed by atoms with E-state index in [0.717, 1.165) is 12.1 Å². The maximum Gasteiger partial charge on any atom is 0.272 e. The Morgan fingerprint density at radius 3 is 2.61 bits per heavy atom. The second-order valence-corrected chi connectivity index (χ2v) is 6.95. The molecule has 4 rings (SSSR count). The summed E-state index contributed by atoms with van der Waals surface area (Å²) in [6, 6.07) is 18.6. The molecule has 1 N–H and O–H groups in total. The van der Waals surface area contributed by atoms with Crippen LogP contribution in [0.1, 0.15) is 27.2 Å². The van der Waals surface area contributed by atoms with Gasteiger partial charge >= 0.3 is 0 Å². The van der Waals surface area contributed by atoms with Crippen LogP contribution in [0.25, 0.3) is 0 Å². The molecule has 0 fully saturated rings. The third-order valence-corrected chi connectivity index (χ3v) is 5.08. The fourth-order valence-corrected chi connectivity index (χ4v) is 3.50. The minimum Gasteiger partial charge on any atom is -0.383 e. The van der Waals surface area contributed by atoms with Crippen LogP contribution in [0.4, 0.5) is 10.1 Å². The van der Waals surface area contributed by atoms with E-state index in [1.807, 2.05) is 29.2 Å². The molecular formula is C23H22FN3O. The summed E-state index contributed by atoms with van der Waals surface area (Å²) in [5, 5.41) is 3.22. The molecule has 0 bridgehead atoms. The zero-order chi connectivity index (χ0) is 19.3. The quantitative estimate of drug-likeness (QED) is 0.731. The lowest BCUT2D eigenvalue weighted by atomic mass is 10.00. The maximum atomic E-state index is 13.6. The molecule has 0 radical (unpaired) electrons. The van der Waals surface area contributed by atoms with Gasteiger partial charge in [0.15, 0.2) is 0 Å². The number of halogens is 1.